The zero-order chi connectivity index (χ0) is 22.7. The molecule has 8 heteroatoms. The molecule has 0 fully saturated rings. The van der Waals surface area contributed by atoms with E-state index in [-0.39, 0.29) is 22.8 Å². The Morgan fingerprint density at radius 2 is 1.78 bits per heavy atom. The number of anilines is 1. The van der Waals surface area contributed by atoms with Crippen LogP contribution >= 0.6 is 23.2 Å². The average molecular weight is 468 g/mol. The van der Waals surface area contributed by atoms with Gasteiger partial charge in [-0.05, 0) is 55.5 Å². The highest BCUT2D eigenvalue weighted by molar-refractivity contribution is 6.41. The number of nitrogens with one attached hydrogen (secondary N) is 1. The summed E-state index contributed by atoms with van der Waals surface area (Å²) in [7, 11) is 0. The first-order chi connectivity index (χ1) is 15.5. The molecule has 0 saturated carbocycles. The van der Waals surface area contributed by atoms with Crippen LogP contribution in [0.4, 0.5) is 5.69 Å². The molecule has 0 aliphatic carbocycles. The number of amides is 2. The highest BCUT2D eigenvalue weighted by Gasteiger charge is 2.40. The number of benzene rings is 2. The summed E-state index contributed by atoms with van der Waals surface area (Å²) >= 11 is 12.4. The predicted molar refractivity (Wildman–Crippen MR) is 124 cm³/mol. The standard InChI is InChI=1S/C24H19Cl2N3O3/c1-2-32-18-9-7-16(8-10-18)28-22-21(19-11-6-15(25)13-20(19)26)23(30)29(24(22)31)14-17-5-3-4-12-27-17/h3-13,28H,2,14H2,1H3. The first-order valence-electron chi connectivity index (χ1n) is 9.93. The van der Waals surface area contributed by atoms with Crippen molar-refractivity contribution in [3.63, 3.8) is 0 Å². The Hall–Kier alpha value is -3.35. The first-order valence-corrected chi connectivity index (χ1v) is 10.7. The van der Waals surface area contributed by atoms with Crippen LogP contribution in [0.3, 0.4) is 0 Å². The molecule has 0 radical (unpaired) electrons. The molecule has 1 N–H and O–H groups in total. The lowest BCUT2D eigenvalue weighted by Gasteiger charge is -2.15. The molecule has 0 bridgehead atoms. The number of carbonyl (C=O) groups excluding carboxylic acids is 2. The maximum absolute atomic E-state index is 13.4. The van der Waals surface area contributed by atoms with E-state index in [1.54, 1.807) is 66.9 Å². The number of hydrogen-bond acceptors (Lipinski definition) is 5. The normalized spacial score (nSPS) is 13.7. The second-order valence-electron chi connectivity index (χ2n) is 6.97. The van der Waals surface area contributed by atoms with Gasteiger partial charge >= 0.3 is 0 Å². The van der Waals surface area contributed by atoms with Gasteiger partial charge < -0.3 is 10.1 Å². The van der Waals surface area contributed by atoms with Crippen LogP contribution in [0.2, 0.25) is 10.0 Å². The van der Waals surface area contributed by atoms with Crippen molar-refractivity contribution in [2.24, 2.45) is 0 Å². The number of nitrogens with zero attached hydrogens (tertiary/aromatic N) is 2. The van der Waals surface area contributed by atoms with Crippen LogP contribution in [0.5, 0.6) is 5.75 Å². The molecule has 1 aromatic heterocycles. The van der Waals surface area contributed by atoms with E-state index >= 15 is 0 Å². The third-order valence-electron chi connectivity index (χ3n) is 4.85. The monoisotopic (exact) mass is 467 g/mol. The van der Waals surface area contributed by atoms with Gasteiger partial charge in [-0.25, -0.2) is 0 Å². The summed E-state index contributed by atoms with van der Waals surface area (Å²) in [5.74, 6) is -0.215. The Kier molecular flexibility index (Phi) is 6.44. The molecular formula is C24H19Cl2N3O3. The summed E-state index contributed by atoms with van der Waals surface area (Å²) in [6.07, 6.45) is 1.61. The van der Waals surface area contributed by atoms with Crippen LogP contribution in [0.1, 0.15) is 18.2 Å². The Balaban J connectivity index is 1.73. The summed E-state index contributed by atoms with van der Waals surface area (Å²) < 4.78 is 5.46. The van der Waals surface area contributed by atoms with Gasteiger partial charge in [0.2, 0.25) is 0 Å². The topological polar surface area (TPSA) is 71.5 Å². The Morgan fingerprint density at radius 3 is 2.44 bits per heavy atom. The molecule has 0 unspecified atom stereocenters. The largest absolute Gasteiger partial charge is 0.494 e. The molecule has 0 spiro atoms. The second-order valence-corrected chi connectivity index (χ2v) is 7.82. The van der Waals surface area contributed by atoms with Gasteiger partial charge in [-0.2, -0.15) is 0 Å². The van der Waals surface area contributed by atoms with Crippen molar-refractivity contribution < 1.29 is 14.3 Å². The van der Waals surface area contributed by atoms with E-state index in [2.05, 4.69) is 10.3 Å². The van der Waals surface area contributed by atoms with Gasteiger partial charge in [-0.3, -0.25) is 19.5 Å². The molecule has 1 aliphatic rings. The van der Waals surface area contributed by atoms with Crippen LogP contribution in [0.25, 0.3) is 5.57 Å². The number of aromatic nitrogens is 1. The van der Waals surface area contributed by atoms with E-state index in [9.17, 15) is 9.59 Å². The van der Waals surface area contributed by atoms with Crippen LogP contribution in [-0.2, 0) is 16.1 Å². The molecule has 0 atom stereocenters. The highest BCUT2D eigenvalue weighted by atomic mass is 35.5. The van der Waals surface area contributed by atoms with Gasteiger partial charge in [-0.1, -0.05) is 35.3 Å². The van der Waals surface area contributed by atoms with Crippen molar-refractivity contribution >= 4 is 46.3 Å². The quantitative estimate of drug-likeness (QED) is 0.484. The minimum Gasteiger partial charge on any atom is -0.494 e. The summed E-state index contributed by atoms with van der Waals surface area (Å²) in [6, 6.07) is 17.3. The third-order valence-corrected chi connectivity index (χ3v) is 5.40. The van der Waals surface area contributed by atoms with Crippen LogP contribution in [0.15, 0.2) is 72.6 Å². The molecule has 162 valence electrons. The van der Waals surface area contributed by atoms with Crippen LogP contribution < -0.4 is 10.1 Å². The van der Waals surface area contributed by atoms with E-state index < -0.39 is 11.8 Å². The Labute approximate surface area is 195 Å². The highest BCUT2D eigenvalue weighted by Crippen LogP contribution is 2.36. The van der Waals surface area contributed by atoms with Crippen molar-refractivity contribution in [1.82, 2.24) is 9.88 Å². The first kappa shape index (κ1) is 21.9. The van der Waals surface area contributed by atoms with E-state index in [1.807, 2.05) is 6.92 Å². The van der Waals surface area contributed by atoms with Crippen molar-refractivity contribution in [1.29, 1.82) is 0 Å². The fourth-order valence-electron chi connectivity index (χ4n) is 3.38. The maximum Gasteiger partial charge on any atom is 0.278 e. The van der Waals surface area contributed by atoms with Crippen molar-refractivity contribution in [2.75, 3.05) is 11.9 Å². The molecule has 4 rings (SSSR count). The fourth-order valence-corrected chi connectivity index (χ4v) is 3.88. The molecule has 2 aromatic carbocycles. The summed E-state index contributed by atoms with van der Waals surface area (Å²) in [4.78, 5) is 32.1. The smallest absolute Gasteiger partial charge is 0.278 e. The zero-order valence-electron chi connectivity index (χ0n) is 17.1. The minimum absolute atomic E-state index is 0.0433. The van der Waals surface area contributed by atoms with E-state index in [1.165, 1.54) is 0 Å². The van der Waals surface area contributed by atoms with E-state index in [0.29, 0.717) is 34.3 Å². The van der Waals surface area contributed by atoms with Crippen molar-refractivity contribution in [3.05, 3.63) is 93.9 Å². The lowest BCUT2D eigenvalue weighted by Crippen LogP contribution is -2.32. The fraction of sp³-hybridized carbons (Fsp3) is 0.125. The van der Waals surface area contributed by atoms with Gasteiger partial charge in [0.05, 0.1) is 29.4 Å². The average Bonchev–Trinajstić information content (AvgIpc) is 3.00. The van der Waals surface area contributed by atoms with Crippen molar-refractivity contribution in [3.8, 4) is 5.75 Å². The summed E-state index contributed by atoms with van der Waals surface area (Å²) in [6.45, 7) is 2.49. The molecule has 3 aromatic rings. The Bertz CT molecular complexity index is 1190. The van der Waals surface area contributed by atoms with Gasteiger partial charge in [0.15, 0.2) is 0 Å². The molecular weight excluding hydrogens is 449 g/mol. The van der Waals surface area contributed by atoms with Gasteiger partial charge in [0, 0.05) is 22.5 Å². The van der Waals surface area contributed by atoms with Gasteiger partial charge in [0.1, 0.15) is 11.4 Å². The maximum atomic E-state index is 13.4. The lowest BCUT2D eigenvalue weighted by atomic mass is 10.0. The van der Waals surface area contributed by atoms with Crippen LogP contribution in [0, 0.1) is 0 Å². The minimum atomic E-state index is -0.462. The lowest BCUT2D eigenvalue weighted by molar-refractivity contribution is -0.137. The van der Waals surface area contributed by atoms with Gasteiger partial charge in [-0.15, -0.1) is 0 Å². The third kappa shape index (κ3) is 4.47. The predicted octanol–water partition coefficient (Wildman–Crippen LogP) is 5.18. The SMILES string of the molecule is CCOc1ccc(NC2=C(c3ccc(Cl)cc3Cl)C(=O)N(Cc3ccccn3)C2=O)cc1. The number of hydrogen-bond donors (Lipinski definition) is 1. The molecule has 0 saturated heterocycles. The number of rotatable bonds is 7. The molecule has 2 heterocycles. The summed E-state index contributed by atoms with van der Waals surface area (Å²) in [5, 5.41) is 3.81. The van der Waals surface area contributed by atoms with Crippen molar-refractivity contribution in [2.45, 2.75) is 13.5 Å². The Morgan fingerprint density at radius 1 is 1.00 bits per heavy atom. The number of ether oxygens (including phenoxy) is 1. The molecule has 2 amide bonds. The second kappa shape index (κ2) is 9.42. The molecule has 6 nitrogen and oxygen atoms in total. The van der Waals surface area contributed by atoms with E-state index in [4.69, 9.17) is 27.9 Å². The van der Waals surface area contributed by atoms with E-state index in [0.717, 1.165) is 4.90 Å². The van der Waals surface area contributed by atoms with Gasteiger partial charge in [0.25, 0.3) is 11.8 Å². The summed E-state index contributed by atoms with van der Waals surface area (Å²) in [5.41, 5.74) is 1.97. The zero-order valence-corrected chi connectivity index (χ0v) is 18.7. The number of pyridine rings is 1. The number of carbonyl (C=O) groups is 2. The number of halogens is 2. The van der Waals surface area contributed by atoms with Crippen LogP contribution in [-0.4, -0.2) is 28.3 Å². The molecule has 1 aliphatic heterocycles. The molecule has 32 heavy (non-hydrogen) atoms. The number of imide groups is 1.